The summed E-state index contributed by atoms with van der Waals surface area (Å²) in [5.41, 5.74) is 0. The Bertz CT molecular complexity index is 449. The number of hydrogen-bond acceptors (Lipinski definition) is 4. The third-order valence-electron chi connectivity index (χ3n) is 4.40. The molecule has 0 aromatic carbocycles. The van der Waals surface area contributed by atoms with Gasteiger partial charge in [0.2, 0.25) is 5.91 Å². The van der Waals surface area contributed by atoms with Gasteiger partial charge in [-0.2, -0.15) is 11.8 Å². The molecule has 4 unspecified atom stereocenters. The van der Waals surface area contributed by atoms with Crippen molar-refractivity contribution in [1.82, 2.24) is 10.2 Å². The molecule has 118 valence electrons. The molecule has 1 aromatic rings. The molecule has 0 radical (unpaired) electrons. The van der Waals surface area contributed by atoms with Crippen molar-refractivity contribution in [3.8, 4) is 0 Å². The molecule has 1 aliphatic heterocycles. The normalized spacial score (nSPS) is 25.3. The van der Waals surface area contributed by atoms with Crippen molar-refractivity contribution in [2.75, 3.05) is 12.8 Å². The van der Waals surface area contributed by atoms with Crippen LogP contribution in [0.3, 0.4) is 0 Å². The van der Waals surface area contributed by atoms with Crippen molar-refractivity contribution in [3.05, 3.63) is 22.4 Å². The van der Waals surface area contributed by atoms with Gasteiger partial charge in [0, 0.05) is 16.7 Å². The minimum absolute atomic E-state index is 0.0355. The molecule has 2 heterocycles. The maximum atomic E-state index is 12.8. The standard InChI is InChI=1S/C16H26N2OS2/c1-5-11(2)14-16(19)18(9-8-12(3)20-4)15(17-14)13-7-6-10-21-13/h6-7,10-12,14-15,17H,5,8-9H2,1-4H3. The molecule has 2 rings (SSSR count). The topological polar surface area (TPSA) is 32.3 Å². The molecule has 1 saturated heterocycles. The van der Waals surface area contributed by atoms with E-state index in [1.807, 2.05) is 11.8 Å². The number of thioether (sulfide) groups is 1. The zero-order chi connectivity index (χ0) is 15.4. The zero-order valence-corrected chi connectivity index (χ0v) is 15.0. The Balaban J connectivity index is 2.14. The van der Waals surface area contributed by atoms with Crippen LogP contribution in [0.2, 0.25) is 0 Å². The van der Waals surface area contributed by atoms with Gasteiger partial charge in [-0.25, -0.2) is 0 Å². The lowest BCUT2D eigenvalue weighted by molar-refractivity contribution is -0.131. The maximum Gasteiger partial charge on any atom is 0.241 e. The quantitative estimate of drug-likeness (QED) is 0.828. The fourth-order valence-corrected chi connectivity index (χ4v) is 3.78. The van der Waals surface area contributed by atoms with Gasteiger partial charge in [0.15, 0.2) is 0 Å². The molecular weight excluding hydrogens is 300 g/mol. The molecule has 21 heavy (non-hydrogen) atoms. The second-order valence-electron chi connectivity index (χ2n) is 5.81. The first-order valence-electron chi connectivity index (χ1n) is 7.71. The molecule has 5 heteroatoms. The predicted molar refractivity (Wildman–Crippen MR) is 92.7 cm³/mol. The molecule has 1 aromatic heterocycles. The van der Waals surface area contributed by atoms with Crippen LogP contribution in [-0.4, -0.2) is 34.9 Å². The highest BCUT2D eigenvalue weighted by molar-refractivity contribution is 7.99. The van der Waals surface area contributed by atoms with Crippen LogP contribution in [-0.2, 0) is 4.79 Å². The third kappa shape index (κ3) is 3.82. The molecule has 0 saturated carbocycles. The molecule has 1 fully saturated rings. The van der Waals surface area contributed by atoms with Gasteiger partial charge in [0.1, 0.15) is 6.17 Å². The van der Waals surface area contributed by atoms with E-state index in [0.29, 0.717) is 11.2 Å². The van der Waals surface area contributed by atoms with Gasteiger partial charge in [-0.1, -0.05) is 33.3 Å². The van der Waals surface area contributed by atoms with Gasteiger partial charge in [-0.05, 0) is 30.0 Å². The summed E-state index contributed by atoms with van der Waals surface area (Å²) in [5, 5.41) is 6.24. The number of rotatable bonds is 7. The Hall–Kier alpha value is -0.520. The summed E-state index contributed by atoms with van der Waals surface area (Å²) in [6, 6.07) is 4.15. The molecule has 3 nitrogen and oxygen atoms in total. The highest BCUT2D eigenvalue weighted by Gasteiger charge is 2.41. The van der Waals surface area contributed by atoms with E-state index in [9.17, 15) is 4.79 Å². The van der Waals surface area contributed by atoms with Crippen LogP contribution in [0.4, 0.5) is 0 Å². The average Bonchev–Trinajstić information content (AvgIpc) is 3.12. The zero-order valence-electron chi connectivity index (χ0n) is 13.3. The van der Waals surface area contributed by atoms with E-state index in [0.717, 1.165) is 19.4 Å². The van der Waals surface area contributed by atoms with E-state index in [4.69, 9.17) is 0 Å². The molecule has 0 aliphatic carbocycles. The Kier molecular flexibility index (Phi) is 6.14. The van der Waals surface area contributed by atoms with Crippen molar-refractivity contribution in [3.63, 3.8) is 0 Å². The molecule has 0 spiro atoms. The summed E-state index contributed by atoms with van der Waals surface area (Å²) in [6.07, 6.45) is 4.26. The molecule has 1 N–H and O–H groups in total. The van der Waals surface area contributed by atoms with Crippen LogP contribution in [0, 0.1) is 5.92 Å². The molecule has 4 atom stereocenters. The highest BCUT2D eigenvalue weighted by atomic mass is 32.2. The first-order valence-corrected chi connectivity index (χ1v) is 9.88. The largest absolute Gasteiger partial charge is 0.321 e. The van der Waals surface area contributed by atoms with Gasteiger partial charge in [-0.15, -0.1) is 11.3 Å². The minimum Gasteiger partial charge on any atom is -0.321 e. The number of amides is 1. The number of carbonyl (C=O) groups excluding carboxylic acids is 1. The number of carbonyl (C=O) groups is 1. The van der Waals surface area contributed by atoms with Crippen LogP contribution in [0.5, 0.6) is 0 Å². The van der Waals surface area contributed by atoms with Crippen LogP contribution in [0.1, 0.15) is 44.7 Å². The number of nitrogens with zero attached hydrogens (tertiary/aromatic N) is 1. The SMILES string of the molecule is CCC(C)C1NC(c2cccs2)N(CCC(C)SC)C1=O. The van der Waals surface area contributed by atoms with Crippen LogP contribution < -0.4 is 5.32 Å². The number of thiophene rings is 1. The van der Waals surface area contributed by atoms with E-state index in [1.54, 1.807) is 11.3 Å². The van der Waals surface area contributed by atoms with Gasteiger partial charge >= 0.3 is 0 Å². The Morgan fingerprint density at radius 2 is 2.24 bits per heavy atom. The molecule has 1 aliphatic rings. The van der Waals surface area contributed by atoms with Crippen molar-refractivity contribution in [1.29, 1.82) is 0 Å². The maximum absolute atomic E-state index is 12.8. The van der Waals surface area contributed by atoms with Crippen molar-refractivity contribution < 1.29 is 4.79 Å². The summed E-state index contributed by atoms with van der Waals surface area (Å²) in [7, 11) is 0. The fourth-order valence-electron chi connectivity index (χ4n) is 2.64. The lowest BCUT2D eigenvalue weighted by atomic mass is 9.99. The summed E-state index contributed by atoms with van der Waals surface area (Å²) < 4.78 is 0. The van der Waals surface area contributed by atoms with E-state index in [2.05, 4.69) is 54.8 Å². The average molecular weight is 327 g/mol. The Morgan fingerprint density at radius 1 is 1.48 bits per heavy atom. The second-order valence-corrected chi connectivity index (χ2v) is 8.07. The lowest BCUT2D eigenvalue weighted by Gasteiger charge is -2.24. The first-order chi connectivity index (χ1) is 10.1. The Morgan fingerprint density at radius 3 is 2.81 bits per heavy atom. The van der Waals surface area contributed by atoms with E-state index >= 15 is 0 Å². The monoisotopic (exact) mass is 326 g/mol. The van der Waals surface area contributed by atoms with Crippen molar-refractivity contribution >= 4 is 29.0 Å². The van der Waals surface area contributed by atoms with E-state index in [-0.39, 0.29) is 18.1 Å². The third-order valence-corrected chi connectivity index (χ3v) is 6.37. The Labute approximate surface area is 136 Å². The van der Waals surface area contributed by atoms with Gasteiger partial charge in [-0.3, -0.25) is 10.1 Å². The lowest BCUT2D eigenvalue weighted by Crippen LogP contribution is -2.36. The van der Waals surface area contributed by atoms with Crippen LogP contribution >= 0.6 is 23.1 Å². The summed E-state index contributed by atoms with van der Waals surface area (Å²) >= 11 is 3.59. The molecule has 1 amide bonds. The number of hydrogen-bond donors (Lipinski definition) is 1. The second kappa shape index (κ2) is 7.65. The van der Waals surface area contributed by atoms with Gasteiger partial charge in [0.05, 0.1) is 6.04 Å². The van der Waals surface area contributed by atoms with Gasteiger partial charge in [0.25, 0.3) is 0 Å². The van der Waals surface area contributed by atoms with Gasteiger partial charge < -0.3 is 4.90 Å². The summed E-state index contributed by atoms with van der Waals surface area (Å²) in [6.45, 7) is 7.38. The van der Waals surface area contributed by atoms with E-state index in [1.165, 1.54) is 4.88 Å². The molecule has 0 bridgehead atoms. The van der Waals surface area contributed by atoms with Crippen molar-refractivity contribution in [2.45, 2.75) is 51.1 Å². The van der Waals surface area contributed by atoms with E-state index < -0.39 is 0 Å². The molecular formula is C16H26N2OS2. The summed E-state index contributed by atoms with van der Waals surface area (Å²) in [4.78, 5) is 16.1. The minimum atomic E-state index is -0.0355. The van der Waals surface area contributed by atoms with Crippen LogP contribution in [0.15, 0.2) is 17.5 Å². The highest BCUT2D eigenvalue weighted by Crippen LogP contribution is 2.32. The number of nitrogens with one attached hydrogen (secondary N) is 1. The summed E-state index contributed by atoms with van der Waals surface area (Å²) in [5.74, 6) is 0.652. The van der Waals surface area contributed by atoms with Crippen molar-refractivity contribution in [2.24, 2.45) is 5.92 Å². The smallest absolute Gasteiger partial charge is 0.241 e. The first kappa shape index (κ1) is 16.8. The fraction of sp³-hybridized carbons (Fsp3) is 0.688. The van der Waals surface area contributed by atoms with Crippen LogP contribution in [0.25, 0.3) is 0 Å². The predicted octanol–water partition coefficient (Wildman–Crippen LogP) is 3.73.